The van der Waals surface area contributed by atoms with Crippen molar-refractivity contribution in [3.63, 3.8) is 0 Å². The van der Waals surface area contributed by atoms with Crippen molar-refractivity contribution in [2.24, 2.45) is 4.99 Å². The molecular formula is C15H21N5. The van der Waals surface area contributed by atoms with Gasteiger partial charge in [0.05, 0.1) is 5.71 Å². The third kappa shape index (κ3) is 2.71. The Morgan fingerprint density at radius 2 is 2.15 bits per heavy atom. The number of aliphatic imine (C=N–C) groups is 1. The Balaban J connectivity index is 2.47. The molecule has 1 aliphatic heterocycles. The summed E-state index contributed by atoms with van der Waals surface area (Å²) >= 11 is 0. The Labute approximate surface area is 119 Å². The van der Waals surface area contributed by atoms with Gasteiger partial charge in [-0.15, -0.1) is 0 Å². The standard InChI is InChI=1S/C15H21N5/c1-10(11(2)16-4)15(17-5)13-7-6-8-20-14(9-13)18-12(3)19-20/h6,8-9,16H,7H2,1-5H3/b11-10+,17-15?. The van der Waals surface area contributed by atoms with Crippen LogP contribution in [0.25, 0.3) is 12.3 Å². The second kappa shape index (κ2) is 5.86. The van der Waals surface area contributed by atoms with E-state index in [0.29, 0.717) is 0 Å². The van der Waals surface area contributed by atoms with Crippen LogP contribution in [0.2, 0.25) is 0 Å². The number of hydrogen-bond donors (Lipinski definition) is 1. The molecule has 0 unspecified atom stereocenters. The van der Waals surface area contributed by atoms with E-state index in [9.17, 15) is 0 Å². The summed E-state index contributed by atoms with van der Waals surface area (Å²) in [6, 6.07) is 0. The lowest BCUT2D eigenvalue weighted by Crippen LogP contribution is -2.12. The molecule has 0 aromatic carbocycles. The number of nitrogens with zero attached hydrogens (tertiary/aromatic N) is 4. The first-order valence-corrected chi connectivity index (χ1v) is 6.70. The van der Waals surface area contributed by atoms with E-state index in [2.05, 4.69) is 46.4 Å². The van der Waals surface area contributed by atoms with Gasteiger partial charge in [-0.1, -0.05) is 6.08 Å². The summed E-state index contributed by atoms with van der Waals surface area (Å²) in [7, 11) is 3.75. The first-order valence-electron chi connectivity index (χ1n) is 6.70. The number of hydrogen-bond acceptors (Lipinski definition) is 4. The van der Waals surface area contributed by atoms with Crippen molar-refractivity contribution in [1.29, 1.82) is 0 Å². The molecule has 1 aromatic heterocycles. The number of rotatable bonds is 3. The van der Waals surface area contributed by atoms with E-state index in [0.717, 1.165) is 40.6 Å². The molecule has 0 saturated heterocycles. The zero-order chi connectivity index (χ0) is 14.7. The molecule has 0 fully saturated rings. The predicted molar refractivity (Wildman–Crippen MR) is 83.5 cm³/mol. The summed E-state index contributed by atoms with van der Waals surface area (Å²) in [6.45, 7) is 6.04. The lowest BCUT2D eigenvalue weighted by molar-refractivity contribution is 0.903. The van der Waals surface area contributed by atoms with Gasteiger partial charge in [0.25, 0.3) is 0 Å². The summed E-state index contributed by atoms with van der Waals surface area (Å²) < 4.78 is 1.81. The van der Waals surface area contributed by atoms with Crippen LogP contribution in [0.1, 0.15) is 31.9 Å². The van der Waals surface area contributed by atoms with Gasteiger partial charge in [0.2, 0.25) is 0 Å². The van der Waals surface area contributed by atoms with Crippen molar-refractivity contribution < 1.29 is 0 Å². The maximum atomic E-state index is 4.46. The second-order valence-electron chi connectivity index (χ2n) is 4.79. The third-order valence-corrected chi connectivity index (χ3v) is 3.47. The molecule has 0 atom stereocenters. The van der Waals surface area contributed by atoms with Crippen molar-refractivity contribution in [1.82, 2.24) is 20.1 Å². The van der Waals surface area contributed by atoms with E-state index in [4.69, 9.17) is 0 Å². The summed E-state index contributed by atoms with van der Waals surface area (Å²) in [5.41, 5.74) is 4.44. The van der Waals surface area contributed by atoms with Crippen molar-refractivity contribution >= 4 is 18.0 Å². The quantitative estimate of drug-likeness (QED) is 0.859. The van der Waals surface area contributed by atoms with E-state index in [1.165, 1.54) is 0 Å². The fourth-order valence-electron chi connectivity index (χ4n) is 2.23. The largest absolute Gasteiger partial charge is 0.391 e. The van der Waals surface area contributed by atoms with E-state index in [-0.39, 0.29) is 0 Å². The van der Waals surface area contributed by atoms with Crippen LogP contribution in [0, 0.1) is 6.92 Å². The van der Waals surface area contributed by atoms with Gasteiger partial charge in [-0.25, -0.2) is 9.67 Å². The van der Waals surface area contributed by atoms with Crippen LogP contribution in [0.5, 0.6) is 0 Å². The molecule has 0 amide bonds. The highest BCUT2D eigenvalue weighted by Gasteiger charge is 2.14. The van der Waals surface area contributed by atoms with Crippen LogP contribution < -0.4 is 5.32 Å². The van der Waals surface area contributed by atoms with E-state index >= 15 is 0 Å². The second-order valence-corrected chi connectivity index (χ2v) is 4.79. The van der Waals surface area contributed by atoms with Gasteiger partial charge in [0, 0.05) is 26.0 Å². The molecule has 2 heterocycles. The number of aryl methyl sites for hydroxylation is 1. The number of aromatic nitrogens is 3. The molecule has 0 spiro atoms. The lowest BCUT2D eigenvalue weighted by Gasteiger charge is -2.12. The van der Waals surface area contributed by atoms with Crippen LogP contribution in [-0.4, -0.2) is 34.6 Å². The van der Waals surface area contributed by atoms with Crippen LogP contribution >= 0.6 is 0 Å². The molecule has 0 radical (unpaired) electrons. The van der Waals surface area contributed by atoms with Gasteiger partial charge in [0.1, 0.15) is 5.82 Å². The van der Waals surface area contributed by atoms with Gasteiger partial charge in [-0.2, -0.15) is 5.10 Å². The zero-order valence-corrected chi connectivity index (χ0v) is 12.7. The topological polar surface area (TPSA) is 55.1 Å². The summed E-state index contributed by atoms with van der Waals surface area (Å²) in [6.07, 6.45) is 6.93. The third-order valence-electron chi connectivity index (χ3n) is 3.47. The van der Waals surface area contributed by atoms with Gasteiger partial charge in [0.15, 0.2) is 5.82 Å². The maximum absolute atomic E-state index is 4.46. The predicted octanol–water partition coefficient (Wildman–Crippen LogP) is 2.43. The SMILES string of the molecule is CN=C(C1=Cc2nc(C)nn2C=CC1)/C(C)=C(\C)NC. The fraction of sp³-hybridized carbons (Fsp3) is 0.400. The number of fused-ring (bicyclic) bond motifs is 1. The van der Waals surface area contributed by atoms with Crippen molar-refractivity contribution in [2.75, 3.05) is 14.1 Å². The van der Waals surface area contributed by atoms with Crippen LogP contribution in [0.4, 0.5) is 0 Å². The zero-order valence-electron chi connectivity index (χ0n) is 12.7. The molecule has 1 aromatic rings. The highest BCUT2D eigenvalue weighted by molar-refractivity contribution is 6.14. The number of nitrogens with one attached hydrogen (secondary N) is 1. The molecule has 5 nitrogen and oxygen atoms in total. The molecule has 1 N–H and O–H groups in total. The van der Waals surface area contributed by atoms with E-state index in [1.807, 2.05) is 27.2 Å². The Morgan fingerprint density at radius 3 is 2.80 bits per heavy atom. The number of allylic oxidation sites excluding steroid dienone is 4. The highest BCUT2D eigenvalue weighted by Crippen LogP contribution is 2.20. The highest BCUT2D eigenvalue weighted by atomic mass is 15.3. The van der Waals surface area contributed by atoms with Crippen LogP contribution in [0.3, 0.4) is 0 Å². The van der Waals surface area contributed by atoms with Gasteiger partial charge >= 0.3 is 0 Å². The molecule has 20 heavy (non-hydrogen) atoms. The molecule has 0 saturated carbocycles. The van der Waals surface area contributed by atoms with Gasteiger partial charge in [-0.05, 0) is 44.4 Å². The minimum Gasteiger partial charge on any atom is -0.391 e. The Bertz CT molecular complexity index is 629. The summed E-state index contributed by atoms with van der Waals surface area (Å²) in [5.74, 6) is 1.62. The lowest BCUT2D eigenvalue weighted by atomic mass is 9.99. The fourth-order valence-corrected chi connectivity index (χ4v) is 2.23. The monoisotopic (exact) mass is 271 g/mol. The Hall–Kier alpha value is -2.17. The normalized spacial score (nSPS) is 16.2. The van der Waals surface area contributed by atoms with Gasteiger partial charge in [-0.3, -0.25) is 4.99 Å². The minimum atomic E-state index is 0.774. The molecule has 0 aliphatic carbocycles. The average molecular weight is 271 g/mol. The molecular weight excluding hydrogens is 250 g/mol. The van der Waals surface area contributed by atoms with E-state index < -0.39 is 0 Å². The Morgan fingerprint density at radius 1 is 1.40 bits per heavy atom. The van der Waals surface area contributed by atoms with E-state index in [1.54, 1.807) is 4.68 Å². The van der Waals surface area contributed by atoms with Gasteiger partial charge < -0.3 is 5.32 Å². The molecule has 106 valence electrons. The van der Waals surface area contributed by atoms with Crippen molar-refractivity contribution in [3.8, 4) is 0 Å². The van der Waals surface area contributed by atoms with Crippen LogP contribution in [0.15, 0.2) is 27.9 Å². The molecule has 2 rings (SSSR count). The maximum Gasteiger partial charge on any atom is 0.155 e. The molecule has 1 aliphatic rings. The Kier molecular flexibility index (Phi) is 4.17. The smallest absolute Gasteiger partial charge is 0.155 e. The van der Waals surface area contributed by atoms with Crippen molar-refractivity contribution in [2.45, 2.75) is 27.2 Å². The first kappa shape index (κ1) is 14.2. The molecule has 5 heteroatoms. The minimum absolute atomic E-state index is 0.774. The first-order chi connectivity index (χ1) is 9.56. The summed E-state index contributed by atoms with van der Waals surface area (Å²) in [5, 5.41) is 7.51. The van der Waals surface area contributed by atoms with Crippen LogP contribution in [-0.2, 0) is 0 Å². The van der Waals surface area contributed by atoms with Crippen molar-refractivity contribution in [3.05, 3.63) is 34.6 Å². The summed E-state index contributed by atoms with van der Waals surface area (Å²) in [4.78, 5) is 8.90. The average Bonchev–Trinajstić information content (AvgIpc) is 2.67. The molecule has 0 bridgehead atoms.